The minimum absolute atomic E-state index is 0.0144. The van der Waals surface area contributed by atoms with Crippen LogP contribution in [0.2, 0.25) is 0 Å². The lowest BCUT2D eigenvalue weighted by Gasteiger charge is -2.32. The van der Waals surface area contributed by atoms with Crippen LogP contribution in [0.25, 0.3) is 0 Å². The Kier molecular flexibility index (Phi) is 9.82. The summed E-state index contributed by atoms with van der Waals surface area (Å²) in [5, 5.41) is 2.80. The van der Waals surface area contributed by atoms with Gasteiger partial charge in [-0.25, -0.2) is 12.8 Å². The van der Waals surface area contributed by atoms with Gasteiger partial charge in [0, 0.05) is 17.6 Å². The first-order valence-corrected chi connectivity index (χ1v) is 14.0. The first kappa shape index (κ1) is 28.3. The zero-order valence-electron chi connectivity index (χ0n) is 20.6. The van der Waals surface area contributed by atoms with E-state index in [1.807, 2.05) is 31.2 Å². The highest BCUT2D eigenvalue weighted by atomic mass is 79.9. The summed E-state index contributed by atoms with van der Waals surface area (Å²) in [7, 11) is -4.18. The average Bonchev–Trinajstić information content (AvgIpc) is 2.89. The third-order valence-electron chi connectivity index (χ3n) is 5.68. The summed E-state index contributed by atoms with van der Waals surface area (Å²) in [6.07, 6.45) is 0.728. The van der Waals surface area contributed by atoms with Gasteiger partial charge in [-0.2, -0.15) is 0 Å². The maximum absolute atomic E-state index is 13.7. The molecule has 10 heteroatoms. The molecule has 0 aliphatic rings. The van der Waals surface area contributed by atoms with E-state index < -0.39 is 34.3 Å². The van der Waals surface area contributed by atoms with Crippen molar-refractivity contribution in [3.05, 3.63) is 94.7 Å². The summed E-state index contributed by atoms with van der Waals surface area (Å²) < 4.78 is 42.6. The van der Waals surface area contributed by atoms with Gasteiger partial charge in [0.15, 0.2) is 0 Å². The van der Waals surface area contributed by atoms with Crippen molar-refractivity contribution in [1.82, 2.24) is 10.2 Å². The van der Waals surface area contributed by atoms with Crippen LogP contribution in [0.5, 0.6) is 0 Å². The molecule has 0 aliphatic carbocycles. The molecule has 0 heterocycles. The van der Waals surface area contributed by atoms with Crippen LogP contribution in [-0.2, 0) is 26.2 Å². The molecule has 0 saturated carbocycles. The van der Waals surface area contributed by atoms with Gasteiger partial charge in [0.25, 0.3) is 10.0 Å². The van der Waals surface area contributed by atoms with Gasteiger partial charge in [0.05, 0.1) is 10.6 Å². The number of halogens is 2. The van der Waals surface area contributed by atoms with E-state index in [0.29, 0.717) is 6.54 Å². The molecule has 37 heavy (non-hydrogen) atoms. The summed E-state index contributed by atoms with van der Waals surface area (Å²) in [6, 6.07) is 19.0. The fourth-order valence-corrected chi connectivity index (χ4v) is 5.55. The molecular weight excluding hydrogens is 561 g/mol. The predicted octanol–water partition coefficient (Wildman–Crippen LogP) is 4.73. The van der Waals surface area contributed by atoms with Crippen LogP contribution in [0.3, 0.4) is 0 Å². The largest absolute Gasteiger partial charge is 0.354 e. The second kappa shape index (κ2) is 12.8. The Labute approximate surface area is 225 Å². The standard InChI is InChI=1S/C27H29BrFN3O4S/c1-3-16-30-27(34)20(2)31(18-21-8-7-9-22(28)17-21)26(33)19-32(24-14-12-23(29)13-15-24)37(35,36)25-10-5-4-6-11-25/h4-15,17,20H,3,16,18-19H2,1-2H3,(H,30,34)/t20-/m0/s1. The minimum Gasteiger partial charge on any atom is -0.354 e. The van der Waals surface area contributed by atoms with Crippen molar-refractivity contribution in [3.63, 3.8) is 0 Å². The third-order valence-corrected chi connectivity index (χ3v) is 7.96. The summed E-state index contributed by atoms with van der Waals surface area (Å²) >= 11 is 3.42. The molecule has 1 N–H and O–H groups in total. The van der Waals surface area contributed by atoms with Crippen LogP contribution in [-0.4, -0.2) is 44.3 Å². The Balaban J connectivity index is 2.00. The average molecular weight is 591 g/mol. The van der Waals surface area contributed by atoms with Crippen molar-refractivity contribution < 1.29 is 22.4 Å². The van der Waals surface area contributed by atoms with Gasteiger partial charge < -0.3 is 10.2 Å². The van der Waals surface area contributed by atoms with Crippen LogP contribution >= 0.6 is 15.9 Å². The number of hydrogen-bond donors (Lipinski definition) is 1. The summed E-state index contributed by atoms with van der Waals surface area (Å²) in [5.41, 5.74) is 0.890. The Morgan fingerprint density at radius 1 is 1.00 bits per heavy atom. The van der Waals surface area contributed by atoms with E-state index in [2.05, 4.69) is 21.2 Å². The molecule has 0 aliphatic heterocycles. The van der Waals surface area contributed by atoms with Gasteiger partial charge in [-0.05, 0) is 67.4 Å². The third kappa shape index (κ3) is 7.39. The molecule has 2 amide bonds. The number of carbonyl (C=O) groups is 2. The van der Waals surface area contributed by atoms with Crippen LogP contribution in [0.4, 0.5) is 10.1 Å². The molecule has 0 fully saturated rings. The Bertz CT molecular complexity index is 1320. The molecule has 3 aromatic rings. The molecule has 196 valence electrons. The SMILES string of the molecule is CCCNC(=O)[C@H](C)N(Cc1cccc(Br)c1)C(=O)CN(c1ccc(F)cc1)S(=O)(=O)c1ccccc1. The topological polar surface area (TPSA) is 86.8 Å². The normalized spacial score (nSPS) is 12.0. The maximum atomic E-state index is 13.7. The number of rotatable bonds is 11. The number of nitrogens with zero attached hydrogens (tertiary/aromatic N) is 2. The molecule has 7 nitrogen and oxygen atoms in total. The highest BCUT2D eigenvalue weighted by molar-refractivity contribution is 9.10. The van der Waals surface area contributed by atoms with Gasteiger partial charge >= 0.3 is 0 Å². The maximum Gasteiger partial charge on any atom is 0.264 e. The van der Waals surface area contributed by atoms with Gasteiger partial charge in [-0.3, -0.25) is 13.9 Å². The second-order valence-corrected chi connectivity index (χ2v) is 11.2. The quantitative estimate of drug-likeness (QED) is 0.350. The van der Waals surface area contributed by atoms with Crippen molar-refractivity contribution >= 4 is 43.5 Å². The number of carbonyl (C=O) groups excluding carboxylic acids is 2. The van der Waals surface area contributed by atoms with Crippen molar-refractivity contribution in [1.29, 1.82) is 0 Å². The Morgan fingerprint density at radius 2 is 1.68 bits per heavy atom. The van der Waals surface area contributed by atoms with E-state index in [-0.39, 0.29) is 23.0 Å². The van der Waals surface area contributed by atoms with Crippen molar-refractivity contribution in [2.24, 2.45) is 0 Å². The van der Waals surface area contributed by atoms with Gasteiger partial charge in [-0.1, -0.05) is 53.2 Å². The Morgan fingerprint density at radius 3 is 2.30 bits per heavy atom. The molecule has 0 aromatic heterocycles. The van der Waals surface area contributed by atoms with Crippen molar-refractivity contribution in [2.75, 3.05) is 17.4 Å². The van der Waals surface area contributed by atoms with Crippen LogP contribution in [0.15, 0.2) is 88.2 Å². The number of nitrogens with one attached hydrogen (secondary N) is 1. The monoisotopic (exact) mass is 589 g/mol. The highest BCUT2D eigenvalue weighted by Crippen LogP contribution is 2.25. The highest BCUT2D eigenvalue weighted by Gasteiger charge is 2.32. The lowest BCUT2D eigenvalue weighted by Crippen LogP contribution is -2.51. The molecule has 0 radical (unpaired) electrons. The number of sulfonamides is 1. The zero-order chi connectivity index (χ0) is 27.0. The lowest BCUT2D eigenvalue weighted by atomic mass is 10.1. The summed E-state index contributed by atoms with van der Waals surface area (Å²) in [4.78, 5) is 27.9. The molecule has 1 atom stereocenters. The molecule has 0 saturated heterocycles. The number of amides is 2. The van der Waals surface area contributed by atoms with E-state index in [1.165, 1.54) is 29.2 Å². The summed E-state index contributed by atoms with van der Waals surface area (Å²) in [5.74, 6) is -1.46. The van der Waals surface area contributed by atoms with E-state index >= 15 is 0 Å². The summed E-state index contributed by atoms with van der Waals surface area (Å²) in [6.45, 7) is 3.48. The van der Waals surface area contributed by atoms with Gasteiger partial charge in [-0.15, -0.1) is 0 Å². The fraction of sp³-hybridized carbons (Fsp3) is 0.259. The molecule has 0 unspecified atom stereocenters. The number of benzene rings is 3. The molecule has 0 bridgehead atoms. The van der Waals surface area contributed by atoms with Gasteiger partial charge in [0.1, 0.15) is 18.4 Å². The van der Waals surface area contributed by atoms with E-state index in [4.69, 9.17) is 0 Å². The molecule has 3 aromatic carbocycles. The van der Waals surface area contributed by atoms with Crippen LogP contribution < -0.4 is 9.62 Å². The second-order valence-electron chi connectivity index (χ2n) is 8.42. The minimum atomic E-state index is -4.18. The Hall–Kier alpha value is -3.24. The lowest BCUT2D eigenvalue weighted by molar-refractivity contribution is -0.139. The predicted molar refractivity (Wildman–Crippen MR) is 145 cm³/mol. The van der Waals surface area contributed by atoms with E-state index in [9.17, 15) is 22.4 Å². The number of anilines is 1. The first-order chi connectivity index (χ1) is 17.6. The number of hydrogen-bond acceptors (Lipinski definition) is 4. The van der Waals surface area contributed by atoms with Crippen molar-refractivity contribution in [3.8, 4) is 0 Å². The zero-order valence-corrected chi connectivity index (χ0v) is 23.0. The van der Waals surface area contributed by atoms with Crippen molar-refractivity contribution in [2.45, 2.75) is 37.8 Å². The van der Waals surface area contributed by atoms with Gasteiger partial charge in [0.2, 0.25) is 11.8 Å². The first-order valence-electron chi connectivity index (χ1n) is 11.8. The molecule has 3 rings (SSSR count). The van der Waals surface area contributed by atoms with E-state index in [1.54, 1.807) is 25.1 Å². The van der Waals surface area contributed by atoms with Crippen LogP contribution in [0, 0.1) is 5.82 Å². The fourth-order valence-electron chi connectivity index (χ4n) is 3.67. The van der Waals surface area contributed by atoms with E-state index in [0.717, 1.165) is 32.9 Å². The molecule has 0 spiro atoms. The smallest absolute Gasteiger partial charge is 0.264 e. The molecular formula is C27H29BrFN3O4S. The van der Waals surface area contributed by atoms with Crippen LogP contribution in [0.1, 0.15) is 25.8 Å².